The van der Waals surface area contributed by atoms with Gasteiger partial charge in [-0.05, 0) is 0 Å². The zero-order valence-corrected chi connectivity index (χ0v) is 2.12. The van der Waals surface area contributed by atoms with Crippen molar-refractivity contribution >= 4 is 6.72 Å². The smallest absolute Gasteiger partial charge is 0.136 e. The minimum atomic E-state index is 0. The summed E-state index contributed by atoms with van der Waals surface area (Å²) in [6.07, 6.45) is 0. The van der Waals surface area contributed by atoms with Gasteiger partial charge in [0, 0.05) is 7.43 Å². The Kier molecular flexibility index (Phi) is 59.2. The molecule has 4 heavy (non-hydrogen) atoms. The lowest BCUT2D eigenvalue weighted by molar-refractivity contribution is -0.361. The average molecular weight is 57.1 g/mol. The molecule has 0 aromatic heterocycles. The third-order valence-corrected chi connectivity index (χ3v) is 0. The minimum Gasteiger partial charge on any atom is -0.626 e. The van der Waals surface area contributed by atoms with Crippen LogP contribution >= 0.6 is 0 Å². The first kappa shape index (κ1) is 9.80. The molecular weight excluding hydrogens is 54.0 g/mol. The molecule has 0 aromatic rings. The Hall–Kier alpha value is -0.530. The van der Waals surface area contributed by atoms with Crippen LogP contribution in [-0.2, 0) is 0 Å². The van der Waals surface area contributed by atoms with E-state index >= 15 is 0 Å². The summed E-state index contributed by atoms with van der Waals surface area (Å²) >= 11 is 0. The Bertz CT molecular complexity index is 13.5. The Morgan fingerprint density at radius 2 is 1.75 bits per heavy atom. The van der Waals surface area contributed by atoms with Gasteiger partial charge >= 0.3 is 0 Å². The molecule has 4 radical (unpaired) electrons. The number of nitrogens with one attached hydrogen (secondary N) is 1. The topological polar surface area (TPSA) is 37.0 Å². The molecule has 0 heterocycles. The predicted octanol–water partition coefficient (Wildman–Crippen LogP) is -1.65. The molecule has 0 aliphatic carbocycles. The molecule has 0 aliphatic heterocycles. The van der Waals surface area contributed by atoms with E-state index in [2.05, 4.69) is 6.72 Å². The van der Waals surface area contributed by atoms with Gasteiger partial charge in [0.05, 0.1) is 0 Å². The molecule has 0 saturated heterocycles. The van der Waals surface area contributed by atoms with E-state index in [0.29, 0.717) is 0 Å². The lowest BCUT2D eigenvalue weighted by atomic mass is 11.8. The normalized spacial score (nSPS) is 3.00. The fourth-order valence-corrected chi connectivity index (χ4v) is 0. The summed E-state index contributed by atoms with van der Waals surface area (Å²) in [4.78, 5) is 0. The number of hydrogen-bond acceptors (Lipinski definition) is 1. The predicted molar refractivity (Wildman–Crippen MR) is 14.7 cm³/mol. The van der Waals surface area contributed by atoms with Crippen LogP contribution in [0.25, 0.3) is 0 Å². The van der Waals surface area contributed by atoms with Gasteiger partial charge in [-0.1, -0.05) is 0 Å². The van der Waals surface area contributed by atoms with Crippen LogP contribution in [0.3, 0.4) is 0 Å². The van der Waals surface area contributed by atoms with Crippen molar-refractivity contribution in [2.75, 3.05) is 0 Å². The van der Waals surface area contributed by atoms with Gasteiger partial charge in [0.15, 0.2) is 0 Å². The first-order chi connectivity index (χ1) is 1.41. The first-order valence-electron chi connectivity index (χ1n) is 0.558. The Morgan fingerprint density at radius 1 is 1.75 bits per heavy atom. The Morgan fingerprint density at radius 3 is 1.75 bits per heavy atom. The molecule has 0 atom stereocenters. The lowest BCUT2D eigenvalue weighted by Gasteiger charge is -1.58. The molecule has 0 aromatic carbocycles. The van der Waals surface area contributed by atoms with E-state index in [1.807, 2.05) is 0 Å². The molecule has 0 saturated carbocycles. The van der Waals surface area contributed by atoms with Crippen molar-refractivity contribution in [1.29, 1.82) is 0 Å². The summed E-state index contributed by atoms with van der Waals surface area (Å²) in [5, 5.41) is 9.82. The number of hydrogen-bond donors (Lipinski definition) is 1. The van der Waals surface area contributed by atoms with Crippen molar-refractivity contribution in [3.8, 4) is 0 Å². The van der Waals surface area contributed by atoms with Crippen LogP contribution in [0.1, 0.15) is 0 Å². The van der Waals surface area contributed by atoms with Crippen LogP contribution in [0.5, 0.6) is 0 Å². The zero-order valence-electron chi connectivity index (χ0n) is 2.12. The van der Waals surface area contributed by atoms with Crippen molar-refractivity contribution in [3.63, 3.8) is 0 Å². The van der Waals surface area contributed by atoms with E-state index in [-0.39, 0.29) is 7.43 Å². The monoisotopic (exact) mass is 57.0 g/mol. The number of rotatable bonds is 0. The molecule has 0 spiro atoms. The van der Waals surface area contributed by atoms with E-state index in [4.69, 9.17) is 5.21 Å². The first-order valence-corrected chi connectivity index (χ1v) is 0.558. The molecule has 0 bridgehead atoms. The SMILES string of the molecule is C=[NH+][O-].[C]. The van der Waals surface area contributed by atoms with Gasteiger partial charge in [0.25, 0.3) is 0 Å². The lowest BCUT2D eigenvalue weighted by Crippen LogP contribution is -2.56. The second-order valence-corrected chi connectivity index (χ2v) is 0.144. The second-order valence-electron chi connectivity index (χ2n) is 0.144. The molecule has 0 aliphatic rings. The standard InChI is InChI=1S/CH3NO.C/c1-2-3;/h2H,1H2;. The average Bonchev–Trinajstić information content (AvgIpc) is 0.918. The maximum absolute atomic E-state index is 8.57. The molecule has 0 rings (SSSR count). The summed E-state index contributed by atoms with van der Waals surface area (Å²) in [5.74, 6) is 0. The molecule has 1 N–H and O–H groups in total. The highest BCUT2D eigenvalue weighted by molar-refractivity contribution is 5.12. The van der Waals surface area contributed by atoms with Gasteiger partial charge in [0.2, 0.25) is 0 Å². The van der Waals surface area contributed by atoms with E-state index in [1.54, 1.807) is 0 Å². The van der Waals surface area contributed by atoms with Crippen LogP contribution in [0.4, 0.5) is 0 Å². The quantitative estimate of drug-likeness (QED) is 0.202. The third kappa shape index (κ3) is 1.16. The van der Waals surface area contributed by atoms with Gasteiger partial charge in [-0.3, -0.25) is 0 Å². The van der Waals surface area contributed by atoms with E-state index in [1.165, 1.54) is 5.16 Å². The molecule has 0 unspecified atom stereocenters. The van der Waals surface area contributed by atoms with Crippen LogP contribution in [0.15, 0.2) is 0 Å². The van der Waals surface area contributed by atoms with Crippen LogP contribution in [-0.4, -0.2) is 6.72 Å². The highest BCUT2D eigenvalue weighted by Gasteiger charge is 0.981. The van der Waals surface area contributed by atoms with Crippen LogP contribution in [0.2, 0.25) is 0 Å². The van der Waals surface area contributed by atoms with E-state index in [9.17, 15) is 0 Å². The van der Waals surface area contributed by atoms with Crippen molar-refractivity contribution in [1.82, 2.24) is 0 Å². The van der Waals surface area contributed by atoms with E-state index < -0.39 is 0 Å². The highest BCUT2D eigenvalue weighted by atomic mass is 16.4. The third-order valence-electron chi connectivity index (χ3n) is 0. The Balaban J connectivity index is 0. The molecule has 2 heteroatoms. The largest absolute Gasteiger partial charge is 0.626 e. The minimum absolute atomic E-state index is 0. The fourth-order valence-electron chi connectivity index (χ4n) is 0. The van der Waals surface area contributed by atoms with Gasteiger partial charge in [-0.15, -0.1) is 0 Å². The van der Waals surface area contributed by atoms with Crippen LogP contribution < -0.4 is 5.16 Å². The molecule has 22 valence electrons. The van der Waals surface area contributed by atoms with Crippen molar-refractivity contribution in [2.24, 2.45) is 0 Å². The summed E-state index contributed by atoms with van der Waals surface area (Å²) < 4.78 is 0. The van der Waals surface area contributed by atoms with Gasteiger partial charge in [-0.25, -0.2) is 5.16 Å². The summed E-state index contributed by atoms with van der Waals surface area (Å²) in [6.45, 7) is 2.68. The highest BCUT2D eigenvalue weighted by Crippen LogP contribution is 0.558. The maximum atomic E-state index is 8.57. The second kappa shape index (κ2) is 24.2. The van der Waals surface area contributed by atoms with Gasteiger partial charge < -0.3 is 5.21 Å². The van der Waals surface area contributed by atoms with E-state index in [0.717, 1.165) is 0 Å². The summed E-state index contributed by atoms with van der Waals surface area (Å²) in [7, 11) is 0. The molecule has 0 fully saturated rings. The van der Waals surface area contributed by atoms with Gasteiger partial charge in [0.1, 0.15) is 6.72 Å². The summed E-state index contributed by atoms with van der Waals surface area (Å²) in [5.41, 5.74) is 0. The molecular formula is C2H3NO. The zero-order chi connectivity index (χ0) is 2.71. The van der Waals surface area contributed by atoms with Crippen molar-refractivity contribution in [3.05, 3.63) is 12.6 Å². The summed E-state index contributed by atoms with van der Waals surface area (Å²) in [6, 6.07) is 0. The Labute approximate surface area is 25.8 Å². The molecule has 0 amide bonds. The van der Waals surface area contributed by atoms with Gasteiger partial charge in [-0.2, -0.15) is 0 Å². The maximum Gasteiger partial charge on any atom is 0.136 e. The fraction of sp³-hybridized carbons (Fsp3) is 0. The molecule has 2 nitrogen and oxygen atoms in total. The van der Waals surface area contributed by atoms with Crippen molar-refractivity contribution in [2.45, 2.75) is 0 Å². The van der Waals surface area contributed by atoms with Crippen LogP contribution in [0, 0.1) is 12.6 Å². The van der Waals surface area contributed by atoms with Crippen molar-refractivity contribution < 1.29 is 5.16 Å².